The molecule has 0 amide bonds. The Morgan fingerprint density at radius 1 is 1.25 bits per heavy atom. The maximum absolute atomic E-state index is 5.82. The maximum Gasteiger partial charge on any atom is 0.120 e. The fourth-order valence-corrected chi connectivity index (χ4v) is 3.45. The zero-order valence-electron chi connectivity index (χ0n) is 11.6. The Bertz CT molecular complexity index is 432. The highest BCUT2D eigenvalue weighted by Crippen LogP contribution is 2.21. The number of hydrogen-bond donors (Lipinski definition) is 1. The highest BCUT2D eigenvalue weighted by molar-refractivity contribution is 9.10. The van der Waals surface area contributed by atoms with Gasteiger partial charge in [-0.3, -0.25) is 4.90 Å². The first kappa shape index (κ1) is 16.1. The molecule has 0 aliphatic carbocycles. The van der Waals surface area contributed by atoms with E-state index >= 15 is 0 Å². The van der Waals surface area contributed by atoms with Crippen LogP contribution in [0, 0.1) is 0 Å². The molecular formula is C15H22BrClN2O. The van der Waals surface area contributed by atoms with E-state index in [1.807, 2.05) is 24.3 Å². The number of halogens is 2. The molecule has 2 aliphatic rings. The van der Waals surface area contributed by atoms with Crippen LogP contribution in [0.1, 0.15) is 19.3 Å². The minimum atomic E-state index is 0. The SMILES string of the molecule is Brc1cccc(OCCN2CCC3CCC(C2)N3)c1.Cl. The van der Waals surface area contributed by atoms with E-state index in [0.29, 0.717) is 6.04 Å². The van der Waals surface area contributed by atoms with Gasteiger partial charge >= 0.3 is 0 Å². The largest absolute Gasteiger partial charge is 0.492 e. The predicted molar refractivity (Wildman–Crippen MR) is 87.9 cm³/mol. The van der Waals surface area contributed by atoms with E-state index in [0.717, 1.165) is 29.4 Å². The molecule has 0 spiro atoms. The lowest BCUT2D eigenvalue weighted by molar-refractivity contribution is 0.201. The van der Waals surface area contributed by atoms with Crippen molar-refractivity contribution in [1.29, 1.82) is 0 Å². The molecule has 5 heteroatoms. The first-order valence-electron chi connectivity index (χ1n) is 7.16. The van der Waals surface area contributed by atoms with Crippen molar-refractivity contribution < 1.29 is 4.74 Å². The first-order valence-corrected chi connectivity index (χ1v) is 7.96. The van der Waals surface area contributed by atoms with E-state index in [1.165, 1.54) is 32.4 Å². The Morgan fingerprint density at radius 2 is 2.10 bits per heavy atom. The number of rotatable bonds is 4. The van der Waals surface area contributed by atoms with Gasteiger partial charge < -0.3 is 10.1 Å². The number of fused-ring (bicyclic) bond motifs is 2. The summed E-state index contributed by atoms with van der Waals surface area (Å²) in [7, 11) is 0. The zero-order valence-corrected chi connectivity index (χ0v) is 14.0. The quantitative estimate of drug-likeness (QED) is 0.892. The van der Waals surface area contributed by atoms with Gasteiger partial charge in [-0.2, -0.15) is 0 Å². The highest BCUT2D eigenvalue weighted by Gasteiger charge is 2.28. The molecule has 3 rings (SSSR count). The summed E-state index contributed by atoms with van der Waals surface area (Å²) in [6.07, 6.45) is 3.99. The minimum absolute atomic E-state index is 0. The van der Waals surface area contributed by atoms with Crippen molar-refractivity contribution in [3.05, 3.63) is 28.7 Å². The van der Waals surface area contributed by atoms with Crippen LogP contribution in [0.2, 0.25) is 0 Å². The molecule has 0 radical (unpaired) electrons. The molecule has 112 valence electrons. The van der Waals surface area contributed by atoms with E-state index in [4.69, 9.17) is 4.74 Å². The van der Waals surface area contributed by atoms with Crippen molar-refractivity contribution in [1.82, 2.24) is 10.2 Å². The Balaban J connectivity index is 0.00000147. The van der Waals surface area contributed by atoms with Gasteiger partial charge in [0.15, 0.2) is 0 Å². The smallest absolute Gasteiger partial charge is 0.120 e. The Labute approximate surface area is 135 Å². The molecule has 2 atom stereocenters. The van der Waals surface area contributed by atoms with Gasteiger partial charge in [-0.1, -0.05) is 22.0 Å². The second-order valence-electron chi connectivity index (χ2n) is 5.53. The Hall–Kier alpha value is -0.290. The van der Waals surface area contributed by atoms with Crippen LogP contribution in [0.4, 0.5) is 0 Å². The molecular weight excluding hydrogens is 340 g/mol. The molecule has 2 unspecified atom stereocenters. The summed E-state index contributed by atoms with van der Waals surface area (Å²) in [5, 5.41) is 3.71. The summed E-state index contributed by atoms with van der Waals surface area (Å²) >= 11 is 3.46. The van der Waals surface area contributed by atoms with Gasteiger partial charge in [0.25, 0.3) is 0 Å². The fraction of sp³-hybridized carbons (Fsp3) is 0.600. The number of nitrogens with zero attached hydrogens (tertiary/aromatic N) is 1. The summed E-state index contributed by atoms with van der Waals surface area (Å²) < 4.78 is 6.89. The monoisotopic (exact) mass is 360 g/mol. The molecule has 3 nitrogen and oxygen atoms in total. The van der Waals surface area contributed by atoms with Crippen molar-refractivity contribution >= 4 is 28.3 Å². The van der Waals surface area contributed by atoms with Crippen LogP contribution in [0.3, 0.4) is 0 Å². The summed E-state index contributed by atoms with van der Waals surface area (Å²) in [6, 6.07) is 9.53. The lowest BCUT2D eigenvalue weighted by Crippen LogP contribution is -2.37. The lowest BCUT2D eigenvalue weighted by atomic mass is 10.1. The van der Waals surface area contributed by atoms with Crippen molar-refractivity contribution in [2.45, 2.75) is 31.3 Å². The molecule has 1 aromatic rings. The van der Waals surface area contributed by atoms with E-state index in [2.05, 4.69) is 26.1 Å². The number of hydrogen-bond acceptors (Lipinski definition) is 3. The third-order valence-electron chi connectivity index (χ3n) is 4.08. The van der Waals surface area contributed by atoms with Crippen molar-refractivity contribution in [2.24, 2.45) is 0 Å². The third-order valence-corrected chi connectivity index (χ3v) is 4.57. The number of nitrogens with one attached hydrogen (secondary N) is 1. The van der Waals surface area contributed by atoms with Gasteiger partial charge in [0.05, 0.1) is 0 Å². The molecule has 0 aromatic heterocycles. The molecule has 2 heterocycles. The van der Waals surface area contributed by atoms with Crippen molar-refractivity contribution in [2.75, 3.05) is 26.2 Å². The van der Waals surface area contributed by atoms with Crippen LogP contribution in [0.5, 0.6) is 5.75 Å². The zero-order chi connectivity index (χ0) is 13.1. The van der Waals surface area contributed by atoms with Crippen LogP contribution in [-0.2, 0) is 0 Å². The molecule has 20 heavy (non-hydrogen) atoms. The molecule has 2 aliphatic heterocycles. The van der Waals surface area contributed by atoms with Gasteiger partial charge in [-0.05, 0) is 44.0 Å². The van der Waals surface area contributed by atoms with Crippen molar-refractivity contribution in [3.8, 4) is 5.75 Å². The van der Waals surface area contributed by atoms with E-state index in [1.54, 1.807) is 0 Å². The molecule has 1 N–H and O–H groups in total. The standard InChI is InChI=1S/C15H21BrN2O.ClH/c16-12-2-1-3-15(10-12)19-9-8-18-7-6-13-4-5-14(11-18)17-13;/h1-3,10,13-14,17H,4-9,11H2;1H. The maximum atomic E-state index is 5.82. The summed E-state index contributed by atoms with van der Waals surface area (Å²) in [4.78, 5) is 2.54. The number of ether oxygens (including phenoxy) is 1. The number of likely N-dealkylation sites (tertiary alicyclic amines) is 1. The molecule has 2 fully saturated rings. The van der Waals surface area contributed by atoms with Crippen LogP contribution >= 0.6 is 28.3 Å². The molecule has 2 bridgehead atoms. The van der Waals surface area contributed by atoms with Crippen LogP contribution < -0.4 is 10.1 Å². The van der Waals surface area contributed by atoms with Gasteiger partial charge in [-0.25, -0.2) is 0 Å². The summed E-state index contributed by atoms with van der Waals surface area (Å²) in [5.41, 5.74) is 0. The highest BCUT2D eigenvalue weighted by atomic mass is 79.9. The van der Waals surface area contributed by atoms with Crippen molar-refractivity contribution in [3.63, 3.8) is 0 Å². The summed E-state index contributed by atoms with van der Waals surface area (Å²) in [6.45, 7) is 4.18. The molecule has 0 saturated carbocycles. The number of benzene rings is 1. The normalized spacial score (nSPS) is 25.9. The van der Waals surface area contributed by atoms with E-state index in [-0.39, 0.29) is 12.4 Å². The topological polar surface area (TPSA) is 24.5 Å². The minimum Gasteiger partial charge on any atom is -0.492 e. The van der Waals surface area contributed by atoms with E-state index < -0.39 is 0 Å². The van der Waals surface area contributed by atoms with Crippen LogP contribution in [0.15, 0.2) is 28.7 Å². The van der Waals surface area contributed by atoms with Crippen LogP contribution in [-0.4, -0.2) is 43.2 Å². The molecule has 2 saturated heterocycles. The van der Waals surface area contributed by atoms with E-state index in [9.17, 15) is 0 Å². The third kappa shape index (κ3) is 4.35. The first-order chi connectivity index (χ1) is 9.29. The predicted octanol–water partition coefficient (Wildman–Crippen LogP) is 3.08. The van der Waals surface area contributed by atoms with Gasteiger partial charge in [-0.15, -0.1) is 12.4 Å². The average Bonchev–Trinajstić information content (AvgIpc) is 2.72. The Morgan fingerprint density at radius 3 is 2.95 bits per heavy atom. The van der Waals surface area contributed by atoms with Gasteiger partial charge in [0.2, 0.25) is 0 Å². The van der Waals surface area contributed by atoms with Gasteiger partial charge in [0, 0.05) is 29.6 Å². The lowest BCUT2D eigenvalue weighted by Gasteiger charge is -2.23. The average molecular weight is 362 g/mol. The summed E-state index contributed by atoms with van der Waals surface area (Å²) in [5.74, 6) is 0.948. The van der Waals surface area contributed by atoms with Crippen LogP contribution in [0.25, 0.3) is 0 Å². The molecule has 1 aromatic carbocycles. The second kappa shape index (κ2) is 7.64. The second-order valence-corrected chi connectivity index (χ2v) is 6.45. The fourth-order valence-electron chi connectivity index (χ4n) is 3.07. The van der Waals surface area contributed by atoms with Gasteiger partial charge in [0.1, 0.15) is 12.4 Å². The Kier molecular flexibility index (Phi) is 6.15.